The highest BCUT2D eigenvalue weighted by atomic mass is 16.6. The number of fused-ring (bicyclic) bond motifs is 1. The van der Waals surface area contributed by atoms with Crippen LogP contribution in [0.3, 0.4) is 0 Å². The van der Waals surface area contributed by atoms with E-state index in [9.17, 15) is 19.7 Å². The van der Waals surface area contributed by atoms with Gasteiger partial charge in [-0.05, 0) is 23.8 Å². The minimum Gasteiger partial charge on any atom is -0.334 e. The molecule has 2 aromatic carbocycles. The smallest absolute Gasteiger partial charge is 0.288 e. The van der Waals surface area contributed by atoms with Crippen LogP contribution < -0.4 is 5.32 Å². The largest absolute Gasteiger partial charge is 0.334 e. The molecule has 1 amide bonds. The van der Waals surface area contributed by atoms with Crippen molar-refractivity contribution in [2.24, 2.45) is 0 Å². The average Bonchev–Trinajstić information content (AvgIpc) is 3.08. The van der Waals surface area contributed by atoms with Crippen molar-refractivity contribution >= 4 is 34.5 Å². The number of non-ortho nitro benzene ring substituents is 1. The molecule has 8 heteroatoms. The predicted molar refractivity (Wildman–Crippen MR) is 112 cm³/mol. The number of hydrogen-bond acceptors (Lipinski definition) is 5. The Hall–Kier alpha value is -4.33. The zero-order valence-corrected chi connectivity index (χ0v) is 15.7. The van der Waals surface area contributed by atoms with Gasteiger partial charge in [0, 0.05) is 42.0 Å². The monoisotopic (exact) mass is 400 g/mol. The van der Waals surface area contributed by atoms with Crippen molar-refractivity contribution in [3.05, 3.63) is 88.7 Å². The zero-order chi connectivity index (χ0) is 21.1. The molecule has 0 bridgehead atoms. The van der Waals surface area contributed by atoms with Crippen molar-refractivity contribution in [2.45, 2.75) is 6.54 Å². The van der Waals surface area contributed by atoms with Gasteiger partial charge in [-0.2, -0.15) is 0 Å². The third-order valence-electron chi connectivity index (χ3n) is 4.77. The summed E-state index contributed by atoms with van der Waals surface area (Å²) in [4.78, 5) is 37.5. The number of nitro groups is 1. The third kappa shape index (κ3) is 3.53. The molecule has 2 aromatic heterocycles. The molecule has 148 valence electrons. The Morgan fingerprint density at radius 1 is 1.07 bits per heavy atom. The first-order chi connectivity index (χ1) is 14.6. The van der Waals surface area contributed by atoms with Gasteiger partial charge in [-0.3, -0.25) is 24.7 Å². The number of carbonyl (C=O) groups excluding carboxylic acids is 2. The van der Waals surface area contributed by atoms with E-state index in [-0.39, 0.29) is 12.0 Å². The minimum absolute atomic E-state index is 0.0180. The summed E-state index contributed by atoms with van der Waals surface area (Å²) in [5.41, 5.74) is 3.77. The maximum Gasteiger partial charge on any atom is 0.288 e. The van der Waals surface area contributed by atoms with Crippen LogP contribution in [0.2, 0.25) is 0 Å². The topological polar surface area (TPSA) is 107 Å². The highest BCUT2D eigenvalue weighted by Crippen LogP contribution is 2.38. The van der Waals surface area contributed by atoms with Crippen LogP contribution in [0.25, 0.3) is 22.2 Å². The molecule has 0 aliphatic rings. The van der Waals surface area contributed by atoms with E-state index in [4.69, 9.17) is 0 Å². The first-order valence-corrected chi connectivity index (χ1v) is 9.09. The number of nitro benzene ring substituents is 1. The number of anilines is 1. The number of hydrogen-bond donors (Lipinski definition) is 1. The Bertz CT molecular complexity index is 1250. The molecule has 4 rings (SSSR count). The summed E-state index contributed by atoms with van der Waals surface area (Å²) in [5, 5.41) is 14.4. The molecule has 0 unspecified atom stereocenters. The van der Waals surface area contributed by atoms with Crippen LogP contribution in [0.4, 0.5) is 11.4 Å². The molecule has 0 atom stereocenters. The number of aldehydes is 1. The van der Waals surface area contributed by atoms with Crippen LogP contribution >= 0.6 is 0 Å². The SMILES string of the molecule is O=CC(=O)Nc1c(-c2ccncc2)n(Cc2ccc([N+](=O)[O-])cc2)c2ccccc12. The van der Waals surface area contributed by atoms with Gasteiger partial charge in [-0.1, -0.05) is 30.3 Å². The highest BCUT2D eigenvalue weighted by Gasteiger charge is 2.20. The van der Waals surface area contributed by atoms with E-state index in [1.807, 2.05) is 41.0 Å². The van der Waals surface area contributed by atoms with Crippen molar-refractivity contribution in [1.82, 2.24) is 9.55 Å². The van der Waals surface area contributed by atoms with Crippen LogP contribution in [0.5, 0.6) is 0 Å². The molecule has 30 heavy (non-hydrogen) atoms. The van der Waals surface area contributed by atoms with Crippen LogP contribution in [-0.2, 0) is 16.1 Å². The van der Waals surface area contributed by atoms with Gasteiger partial charge in [-0.15, -0.1) is 0 Å². The van der Waals surface area contributed by atoms with E-state index in [1.54, 1.807) is 24.5 Å². The van der Waals surface area contributed by atoms with E-state index in [0.29, 0.717) is 17.9 Å². The number of rotatable bonds is 6. The molecule has 0 saturated carbocycles. The third-order valence-corrected chi connectivity index (χ3v) is 4.77. The summed E-state index contributed by atoms with van der Waals surface area (Å²) >= 11 is 0. The second kappa shape index (κ2) is 7.96. The fourth-order valence-corrected chi connectivity index (χ4v) is 3.46. The number of amides is 1. The summed E-state index contributed by atoms with van der Waals surface area (Å²) in [6.07, 6.45) is 3.53. The Morgan fingerprint density at radius 2 is 1.77 bits per heavy atom. The Balaban J connectivity index is 1.92. The van der Waals surface area contributed by atoms with Crippen molar-refractivity contribution < 1.29 is 14.5 Å². The molecule has 0 aliphatic carbocycles. The van der Waals surface area contributed by atoms with Gasteiger partial charge in [0.25, 0.3) is 11.6 Å². The lowest BCUT2D eigenvalue weighted by Crippen LogP contribution is -2.13. The number of nitrogens with zero attached hydrogens (tertiary/aromatic N) is 3. The van der Waals surface area contributed by atoms with Gasteiger partial charge in [0.1, 0.15) is 0 Å². The molecule has 4 aromatic rings. The molecule has 0 fully saturated rings. The zero-order valence-electron chi connectivity index (χ0n) is 15.7. The summed E-state index contributed by atoms with van der Waals surface area (Å²) in [7, 11) is 0. The molecule has 0 spiro atoms. The molecule has 1 N–H and O–H groups in total. The van der Waals surface area contributed by atoms with Crippen molar-refractivity contribution in [3.63, 3.8) is 0 Å². The quantitative estimate of drug-likeness (QED) is 0.229. The summed E-state index contributed by atoms with van der Waals surface area (Å²) in [6.45, 7) is 0.410. The van der Waals surface area contributed by atoms with E-state index in [1.165, 1.54) is 12.1 Å². The van der Waals surface area contributed by atoms with E-state index >= 15 is 0 Å². The fraction of sp³-hybridized carbons (Fsp3) is 0.0455. The number of para-hydroxylation sites is 1. The van der Waals surface area contributed by atoms with Crippen LogP contribution in [0, 0.1) is 10.1 Å². The fourth-order valence-electron chi connectivity index (χ4n) is 3.46. The normalized spacial score (nSPS) is 10.7. The molecule has 0 saturated heterocycles. The molecule has 8 nitrogen and oxygen atoms in total. The Kier molecular flexibility index (Phi) is 5.04. The number of nitrogens with one attached hydrogen (secondary N) is 1. The lowest BCUT2D eigenvalue weighted by Gasteiger charge is -2.13. The summed E-state index contributed by atoms with van der Waals surface area (Å²) in [5.74, 6) is -0.747. The van der Waals surface area contributed by atoms with Crippen molar-refractivity contribution in [1.29, 1.82) is 0 Å². The lowest BCUT2D eigenvalue weighted by molar-refractivity contribution is -0.384. The first kappa shape index (κ1) is 19.0. The second-order valence-corrected chi connectivity index (χ2v) is 6.59. The first-order valence-electron chi connectivity index (χ1n) is 9.09. The lowest BCUT2D eigenvalue weighted by atomic mass is 10.1. The Labute approximate surface area is 170 Å². The summed E-state index contributed by atoms with van der Waals surface area (Å²) < 4.78 is 2.01. The number of pyridine rings is 1. The van der Waals surface area contributed by atoms with Crippen molar-refractivity contribution in [3.8, 4) is 11.3 Å². The predicted octanol–water partition coefficient (Wildman–Crippen LogP) is 3.80. The van der Waals surface area contributed by atoms with E-state index in [0.717, 1.165) is 22.0 Å². The van der Waals surface area contributed by atoms with Gasteiger partial charge in [0.2, 0.25) is 6.29 Å². The minimum atomic E-state index is -0.747. The maximum atomic E-state index is 11.9. The van der Waals surface area contributed by atoms with E-state index < -0.39 is 10.8 Å². The number of aromatic nitrogens is 2. The average molecular weight is 400 g/mol. The van der Waals surface area contributed by atoms with Gasteiger partial charge >= 0.3 is 0 Å². The van der Waals surface area contributed by atoms with E-state index in [2.05, 4.69) is 10.3 Å². The van der Waals surface area contributed by atoms with Gasteiger partial charge < -0.3 is 9.88 Å². The standard InChI is InChI=1S/C22H16N4O4/c27-14-20(28)24-21-18-3-1-2-4-19(18)25(22(21)16-9-11-23-12-10-16)13-15-5-7-17(8-6-15)26(29)30/h1-12,14H,13H2,(H,24,28). The molecular weight excluding hydrogens is 384 g/mol. The number of benzene rings is 2. The van der Waals surface area contributed by atoms with Gasteiger partial charge in [0.05, 0.1) is 21.8 Å². The Morgan fingerprint density at radius 3 is 2.43 bits per heavy atom. The molecule has 0 aliphatic heterocycles. The van der Waals surface area contributed by atoms with Crippen LogP contribution in [-0.4, -0.2) is 26.7 Å². The molecule has 0 radical (unpaired) electrons. The van der Waals surface area contributed by atoms with Crippen molar-refractivity contribution in [2.75, 3.05) is 5.32 Å². The maximum absolute atomic E-state index is 11.9. The highest BCUT2D eigenvalue weighted by molar-refractivity contribution is 6.31. The van der Waals surface area contributed by atoms with Gasteiger partial charge in [-0.25, -0.2) is 0 Å². The van der Waals surface area contributed by atoms with Gasteiger partial charge in [0.15, 0.2) is 0 Å². The second-order valence-electron chi connectivity index (χ2n) is 6.59. The van der Waals surface area contributed by atoms with Crippen LogP contribution in [0.15, 0.2) is 73.1 Å². The summed E-state index contributed by atoms with van der Waals surface area (Å²) in [6, 6.07) is 17.5. The molecular formula is C22H16N4O4. The number of carbonyl (C=O) groups is 2. The molecule has 2 heterocycles. The van der Waals surface area contributed by atoms with Crippen LogP contribution in [0.1, 0.15) is 5.56 Å².